The van der Waals surface area contributed by atoms with Gasteiger partial charge < -0.3 is 49.3 Å². The molecule has 1 aromatic heterocycles. The second-order valence-corrected chi connectivity index (χ2v) is 17.3. The quantitative estimate of drug-likeness (QED) is 0.0693. The van der Waals surface area contributed by atoms with Gasteiger partial charge in [0.2, 0.25) is 5.91 Å². The molecule has 18 heteroatoms. The van der Waals surface area contributed by atoms with Gasteiger partial charge in [-0.05, 0) is 67.2 Å². The number of amides is 4. The Morgan fingerprint density at radius 1 is 0.918 bits per heavy atom. The van der Waals surface area contributed by atoms with Crippen molar-refractivity contribution in [2.45, 2.75) is 55.4 Å². The molecular weight excluding hydrogens is 825 g/mol. The van der Waals surface area contributed by atoms with Gasteiger partial charge in [-0.25, -0.2) is 9.78 Å². The average molecular weight is 875 g/mol. The molecule has 3 saturated heterocycles. The molecule has 3 fully saturated rings. The number of likely N-dealkylation sites (tertiary alicyclic amines) is 1. The standard InChI is InChI=1S/C43H50N6O10S2/c1-26-18-32-39(50)46-31-23-37(35(55-4)21-29(31)41(52)48(32)24-26)57-14-9-5-8-13-56-36-22-30(44)28(20-34(36)54-3)40(51)49-25-27(2)19-33(49)42-47(12-15-58-42)43(53)59-16-17-60-61-38-10-6-7-11-45-38/h6-7,10-11,20-23,32-33,42H,1-2,5,8-9,12-19,24-25,44H2,3-4H3,(H,46,50)/t32-,33-,42?/m0/s1. The number of nitrogens with two attached hydrogens (primary N) is 1. The van der Waals surface area contributed by atoms with Gasteiger partial charge in [-0.15, -0.1) is 0 Å². The van der Waals surface area contributed by atoms with E-state index in [0.29, 0.717) is 98.6 Å². The van der Waals surface area contributed by atoms with E-state index >= 15 is 0 Å². The van der Waals surface area contributed by atoms with Crippen molar-refractivity contribution in [3.63, 3.8) is 0 Å². The Bertz CT molecular complexity index is 2160. The van der Waals surface area contributed by atoms with E-state index in [1.807, 2.05) is 18.2 Å². The van der Waals surface area contributed by atoms with E-state index < -0.39 is 24.4 Å². The Kier molecular flexibility index (Phi) is 14.2. The van der Waals surface area contributed by atoms with Gasteiger partial charge in [-0.2, -0.15) is 0 Å². The molecule has 7 rings (SSSR count). The Morgan fingerprint density at radius 3 is 2.39 bits per heavy atom. The molecule has 16 nitrogen and oxygen atoms in total. The van der Waals surface area contributed by atoms with Gasteiger partial charge in [0.15, 0.2) is 29.2 Å². The van der Waals surface area contributed by atoms with Crippen LogP contribution in [0.4, 0.5) is 16.2 Å². The monoisotopic (exact) mass is 874 g/mol. The number of nitrogens with one attached hydrogen (secondary N) is 1. The average Bonchev–Trinajstić information content (AvgIpc) is 4.00. The second kappa shape index (κ2) is 19.9. The summed E-state index contributed by atoms with van der Waals surface area (Å²) in [5.41, 5.74) is 9.33. The predicted octanol–water partition coefficient (Wildman–Crippen LogP) is 6.04. The highest BCUT2D eigenvalue weighted by molar-refractivity contribution is 8.76. The smallest absolute Gasteiger partial charge is 0.412 e. The summed E-state index contributed by atoms with van der Waals surface area (Å²) in [6.45, 7) is 10.3. The van der Waals surface area contributed by atoms with E-state index in [4.69, 9.17) is 34.2 Å². The molecule has 4 amide bonds. The third-order valence-electron chi connectivity index (χ3n) is 10.7. The third kappa shape index (κ3) is 9.97. The first-order valence-electron chi connectivity index (χ1n) is 20.0. The first kappa shape index (κ1) is 43.5. The van der Waals surface area contributed by atoms with E-state index in [0.717, 1.165) is 22.6 Å². The number of aromatic nitrogens is 1. The van der Waals surface area contributed by atoms with Gasteiger partial charge in [0.05, 0.1) is 63.4 Å². The number of nitrogens with zero attached hydrogens (tertiary/aromatic N) is 4. The molecular formula is C43H50N6O10S2. The third-order valence-corrected chi connectivity index (χ3v) is 12.9. The molecule has 5 heterocycles. The molecule has 0 radical (unpaired) electrons. The molecule has 0 saturated carbocycles. The van der Waals surface area contributed by atoms with E-state index in [1.54, 1.807) is 51.1 Å². The minimum Gasteiger partial charge on any atom is -0.493 e. The maximum Gasteiger partial charge on any atom is 0.412 e. The summed E-state index contributed by atoms with van der Waals surface area (Å²) in [6.07, 6.45) is 3.54. The lowest BCUT2D eigenvalue weighted by atomic mass is 10.1. The number of unbranched alkanes of at least 4 members (excludes halogenated alkanes) is 2. The molecule has 3 aromatic rings. The summed E-state index contributed by atoms with van der Waals surface area (Å²) in [6, 6.07) is 11.0. The number of carbonyl (C=O) groups is 4. The Hall–Kier alpha value is -5.59. The minimum atomic E-state index is -0.708. The molecule has 0 aliphatic carbocycles. The summed E-state index contributed by atoms with van der Waals surface area (Å²) >= 11 is 0. The zero-order valence-electron chi connectivity index (χ0n) is 34.2. The number of anilines is 2. The SMILES string of the molecule is C=C1C[C@H]2C(=O)Nc3cc(OCCCCCOc4cc(N)c(C(=O)N5CC(=C)C[C@H]5C5OCCN5C(=O)OCCSSc5ccccn5)cc4OC)c(OC)cc3C(=O)N2C1. The highest BCUT2D eigenvalue weighted by Crippen LogP contribution is 2.39. The van der Waals surface area contributed by atoms with Crippen LogP contribution in [0.3, 0.4) is 0 Å². The number of carbonyl (C=O) groups excluding carboxylic acids is 4. The number of rotatable bonds is 17. The summed E-state index contributed by atoms with van der Waals surface area (Å²) in [5, 5.41) is 3.75. The largest absolute Gasteiger partial charge is 0.493 e. The fraction of sp³-hybridized carbons (Fsp3) is 0.419. The fourth-order valence-electron chi connectivity index (χ4n) is 7.72. The predicted molar refractivity (Wildman–Crippen MR) is 231 cm³/mol. The van der Waals surface area contributed by atoms with Crippen LogP contribution in [-0.2, 0) is 14.3 Å². The summed E-state index contributed by atoms with van der Waals surface area (Å²) in [4.78, 5) is 62.5. The lowest BCUT2D eigenvalue weighted by Crippen LogP contribution is -2.51. The van der Waals surface area contributed by atoms with Crippen molar-refractivity contribution in [3.8, 4) is 23.0 Å². The van der Waals surface area contributed by atoms with Crippen molar-refractivity contribution < 1.29 is 47.6 Å². The zero-order valence-corrected chi connectivity index (χ0v) is 35.9. The van der Waals surface area contributed by atoms with Crippen LogP contribution in [-0.4, -0.2) is 128 Å². The van der Waals surface area contributed by atoms with E-state index in [9.17, 15) is 19.2 Å². The number of hydrogen-bond acceptors (Lipinski definition) is 14. The highest BCUT2D eigenvalue weighted by Gasteiger charge is 2.45. The topological polar surface area (TPSA) is 184 Å². The van der Waals surface area contributed by atoms with Crippen molar-refractivity contribution in [2.24, 2.45) is 0 Å². The summed E-state index contributed by atoms with van der Waals surface area (Å²) in [5.74, 6) is 1.28. The zero-order chi connectivity index (χ0) is 43.0. The number of fused-ring (bicyclic) bond motifs is 2. The number of ether oxygens (including phenoxy) is 6. The van der Waals surface area contributed by atoms with Crippen LogP contribution in [0.2, 0.25) is 0 Å². The molecule has 324 valence electrons. The maximum absolute atomic E-state index is 14.1. The van der Waals surface area contributed by atoms with Crippen LogP contribution in [0, 0.1) is 0 Å². The van der Waals surface area contributed by atoms with Crippen LogP contribution >= 0.6 is 21.6 Å². The number of pyridine rings is 1. The van der Waals surface area contributed by atoms with Gasteiger partial charge in [0.25, 0.3) is 11.8 Å². The van der Waals surface area contributed by atoms with Crippen LogP contribution in [0.1, 0.15) is 52.8 Å². The Morgan fingerprint density at radius 2 is 1.66 bits per heavy atom. The van der Waals surface area contributed by atoms with E-state index in [-0.39, 0.29) is 42.1 Å². The molecule has 4 aliphatic heterocycles. The number of hydrogen-bond donors (Lipinski definition) is 2. The summed E-state index contributed by atoms with van der Waals surface area (Å²) in [7, 11) is 6.05. The molecule has 61 heavy (non-hydrogen) atoms. The molecule has 3 N–H and O–H groups in total. The maximum atomic E-state index is 14.1. The van der Waals surface area contributed by atoms with Crippen LogP contribution in [0.15, 0.2) is 78.0 Å². The molecule has 0 bridgehead atoms. The lowest BCUT2D eigenvalue weighted by Gasteiger charge is -2.33. The van der Waals surface area contributed by atoms with Gasteiger partial charge in [-0.1, -0.05) is 41.2 Å². The van der Waals surface area contributed by atoms with Crippen LogP contribution in [0.25, 0.3) is 0 Å². The molecule has 2 aromatic carbocycles. The van der Waals surface area contributed by atoms with Crippen molar-refractivity contribution in [3.05, 3.63) is 84.1 Å². The Balaban J connectivity index is 0.890. The normalized spacial score (nSPS) is 19.6. The van der Waals surface area contributed by atoms with Gasteiger partial charge in [0, 0.05) is 42.9 Å². The minimum absolute atomic E-state index is 0.210. The lowest BCUT2D eigenvalue weighted by molar-refractivity contribution is -0.119. The molecule has 1 unspecified atom stereocenters. The van der Waals surface area contributed by atoms with Crippen molar-refractivity contribution in [2.75, 3.05) is 77.1 Å². The number of nitrogen functional groups attached to an aromatic ring is 1. The highest BCUT2D eigenvalue weighted by atomic mass is 33.1. The first-order valence-corrected chi connectivity index (χ1v) is 22.3. The van der Waals surface area contributed by atoms with E-state index in [1.165, 1.54) is 29.9 Å². The second-order valence-electron chi connectivity index (χ2n) is 14.9. The van der Waals surface area contributed by atoms with Crippen molar-refractivity contribution >= 4 is 56.8 Å². The first-order chi connectivity index (χ1) is 29.6. The summed E-state index contributed by atoms with van der Waals surface area (Å²) < 4.78 is 34.9. The van der Waals surface area contributed by atoms with Gasteiger partial charge in [-0.3, -0.25) is 19.3 Å². The van der Waals surface area contributed by atoms with Gasteiger partial charge in [0.1, 0.15) is 17.7 Å². The molecule has 3 atom stereocenters. The van der Waals surface area contributed by atoms with Crippen LogP contribution < -0.4 is 30.0 Å². The van der Waals surface area contributed by atoms with Crippen molar-refractivity contribution in [1.82, 2.24) is 19.7 Å². The Labute approximate surface area is 362 Å². The van der Waals surface area contributed by atoms with Crippen molar-refractivity contribution in [1.29, 1.82) is 0 Å². The fourth-order valence-corrected chi connectivity index (χ4v) is 9.42. The number of methoxy groups -OCH3 is 2. The van der Waals surface area contributed by atoms with Crippen LogP contribution in [0.5, 0.6) is 23.0 Å². The molecule has 0 spiro atoms. The van der Waals surface area contributed by atoms with Gasteiger partial charge >= 0.3 is 6.09 Å². The number of benzene rings is 2. The molecule has 4 aliphatic rings. The van der Waals surface area contributed by atoms with E-state index in [2.05, 4.69) is 23.5 Å².